The zero-order valence-electron chi connectivity index (χ0n) is 29.1. The van der Waals surface area contributed by atoms with Crippen molar-refractivity contribution < 1.29 is 23.4 Å². The second-order valence-corrected chi connectivity index (χ2v) is 13.8. The number of halogens is 3. The van der Waals surface area contributed by atoms with Crippen LogP contribution < -0.4 is 25.1 Å². The molecule has 272 valence electrons. The van der Waals surface area contributed by atoms with E-state index in [1.165, 1.54) is 35.6 Å². The van der Waals surface area contributed by atoms with E-state index >= 15 is 4.39 Å². The maximum atomic E-state index is 15.5. The van der Waals surface area contributed by atoms with Gasteiger partial charge in [-0.05, 0) is 92.9 Å². The molecule has 13 heteroatoms. The number of amides is 1. The van der Waals surface area contributed by atoms with Gasteiger partial charge in [0.25, 0.3) is 11.5 Å². The third kappa shape index (κ3) is 7.92. The van der Waals surface area contributed by atoms with Gasteiger partial charge in [-0.2, -0.15) is 0 Å². The molecule has 0 aliphatic carbocycles. The average Bonchev–Trinajstić information content (AvgIpc) is 3.15. The standard InChI is InChI=1S/C40H36Cl2FN5O5/c1-24-13-17-47(18-14-24)16-5-19-52-37-23-31-27(22-36(37)51-2)34(12-15-44-31)53-35-11-9-26(21-29(35)43)45-39(49)38-40(50)48(32-10-8-25(41)20-28(32)42)33-7-4-3-6-30(33)46-38/h3-4,6-12,15,20-24H,5,13-14,16-19H2,1-2H3,(H,45,49). The van der Waals surface area contributed by atoms with Crippen LogP contribution in [0.3, 0.4) is 0 Å². The lowest BCUT2D eigenvalue weighted by Crippen LogP contribution is -2.34. The average molecular weight is 757 g/mol. The van der Waals surface area contributed by atoms with Crippen molar-refractivity contribution in [3.63, 3.8) is 0 Å². The molecule has 1 aliphatic heterocycles. The number of aromatic nitrogens is 3. The molecular formula is C40H36Cl2FN5O5. The highest BCUT2D eigenvalue weighted by Crippen LogP contribution is 2.38. The van der Waals surface area contributed by atoms with Crippen molar-refractivity contribution in [2.24, 2.45) is 5.92 Å². The maximum absolute atomic E-state index is 15.5. The Morgan fingerprint density at radius 2 is 1.75 bits per heavy atom. The van der Waals surface area contributed by atoms with Crippen LogP contribution in [0.25, 0.3) is 27.6 Å². The summed E-state index contributed by atoms with van der Waals surface area (Å²) >= 11 is 12.5. The fourth-order valence-electron chi connectivity index (χ4n) is 6.40. The number of methoxy groups -OCH3 is 1. The minimum atomic E-state index is -0.834. The number of rotatable bonds is 11. The van der Waals surface area contributed by atoms with Crippen molar-refractivity contribution in [2.45, 2.75) is 26.2 Å². The molecule has 1 saturated heterocycles. The Balaban J connectivity index is 1.08. The van der Waals surface area contributed by atoms with Crippen LogP contribution in [0.5, 0.6) is 23.0 Å². The van der Waals surface area contributed by atoms with Crippen LogP contribution in [0, 0.1) is 11.7 Å². The van der Waals surface area contributed by atoms with Gasteiger partial charge >= 0.3 is 0 Å². The highest BCUT2D eigenvalue weighted by molar-refractivity contribution is 6.35. The number of nitrogens with one attached hydrogen (secondary N) is 1. The van der Waals surface area contributed by atoms with Gasteiger partial charge < -0.3 is 24.4 Å². The Morgan fingerprint density at radius 3 is 2.53 bits per heavy atom. The minimum Gasteiger partial charge on any atom is -0.493 e. The third-order valence-corrected chi connectivity index (χ3v) is 9.81. The van der Waals surface area contributed by atoms with Crippen molar-refractivity contribution in [3.05, 3.63) is 117 Å². The van der Waals surface area contributed by atoms with E-state index in [0.29, 0.717) is 56.5 Å². The lowest BCUT2D eigenvalue weighted by atomic mass is 9.99. The molecule has 0 bridgehead atoms. The van der Waals surface area contributed by atoms with Gasteiger partial charge in [0.2, 0.25) is 0 Å². The number of anilines is 1. The lowest BCUT2D eigenvalue weighted by Gasteiger charge is -2.30. The smallest absolute Gasteiger partial charge is 0.287 e. The van der Waals surface area contributed by atoms with Gasteiger partial charge in [-0.1, -0.05) is 42.3 Å². The Bertz CT molecular complexity index is 2380. The number of carbonyl (C=O) groups is 1. The molecule has 53 heavy (non-hydrogen) atoms. The molecule has 0 atom stereocenters. The molecule has 7 rings (SSSR count). The number of hydrogen-bond acceptors (Lipinski definition) is 8. The summed E-state index contributed by atoms with van der Waals surface area (Å²) in [4.78, 5) is 38.5. The van der Waals surface area contributed by atoms with Crippen molar-refractivity contribution in [2.75, 3.05) is 38.7 Å². The first kappa shape index (κ1) is 36.1. The van der Waals surface area contributed by atoms with Crippen LogP contribution in [0.2, 0.25) is 10.0 Å². The Kier molecular flexibility index (Phi) is 10.8. The van der Waals surface area contributed by atoms with Crippen molar-refractivity contribution in [3.8, 4) is 28.7 Å². The number of fused-ring (bicyclic) bond motifs is 2. The van der Waals surface area contributed by atoms with Crippen LogP contribution in [-0.2, 0) is 0 Å². The van der Waals surface area contributed by atoms with E-state index in [4.69, 9.17) is 37.4 Å². The fourth-order valence-corrected chi connectivity index (χ4v) is 6.89. The van der Waals surface area contributed by atoms with E-state index in [0.717, 1.165) is 38.0 Å². The number of para-hydroxylation sites is 2. The molecule has 6 aromatic rings. The maximum Gasteiger partial charge on any atom is 0.287 e. The van der Waals surface area contributed by atoms with Gasteiger partial charge in [0.1, 0.15) is 5.75 Å². The van der Waals surface area contributed by atoms with Crippen LogP contribution in [0.15, 0.2) is 89.9 Å². The Hall–Kier alpha value is -5.23. The highest BCUT2D eigenvalue weighted by Gasteiger charge is 2.21. The Morgan fingerprint density at radius 1 is 0.943 bits per heavy atom. The molecule has 1 fully saturated rings. The molecule has 1 N–H and O–H groups in total. The number of likely N-dealkylation sites (tertiary alicyclic amines) is 1. The number of hydrogen-bond donors (Lipinski definition) is 1. The molecule has 10 nitrogen and oxygen atoms in total. The first-order chi connectivity index (χ1) is 25.7. The van der Waals surface area contributed by atoms with E-state index in [1.54, 1.807) is 67.9 Å². The summed E-state index contributed by atoms with van der Waals surface area (Å²) in [5.74, 6) is 0.521. The van der Waals surface area contributed by atoms with E-state index in [-0.39, 0.29) is 16.5 Å². The quantitative estimate of drug-likeness (QED) is 0.131. The summed E-state index contributed by atoms with van der Waals surface area (Å²) < 4.78 is 34.6. The molecule has 1 amide bonds. The molecular weight excluding hydrogens is 720 g/mol. The Labute approximate surface area is 315 Å². The number of nitrogens with zero attached hydrogens (tertiary/aromatic N) is 4. The number of pyridine rings is 1. The molecule has 2 aromatic heterocycles. The second-order valence-electron chi connectivity index (χ2n) is 12.9. The topological polar surface area (TPSA) is 108 Å². The van der Waals surface area contributed by atoms with E-state index in [9.17, 15) is 9.59 Å². The summed E-state index contributed by atoms with van der Waals surface area (Å²) in [5, 5.41) is 3.77. The summed E-state index contributed by atoms with van der Waals surface area (Å²) in [5.41, 5.74) is 0.683. The normalized spacial score (nSPS) is 13.7. The second kappa shape index (κ2) is 15.8. The van der Waals surface area contributed by atoms with Gasteiger partial charge in [0.15, 0.2) is 28.8 Å². The van der Waals surface area contributed by atoms with E-state index < -0.39 is 23.0 Å². The minimum absolute atomic E-state index is 0.0863. The van der Waals surface area contributed by atoms with Gasteiger partial charge in [0, 0.05) is 41.0 Å². The molecule has 0 unspecified atom stereocenters. The highest BCUT2D eigenvalue weighted by atomic mass is 35.5. The zero-order chi connectivity index (χ0) is 37.1. The summed E-state index contributed by atoms with van der Waals surface area (Å²) in [6.45, 7) is 6.06. The third-order valence-electron chi connectivity index (χ3n) is 9.28. The van der Waals surface area contributed by atoms with E-state index in [1.807, 2.05) is 0 Å². The van der Waals surface area contributed by atoms with E-state index in [2.05, 4.69) is 27.1 Å². The monoisotopic (exact) mass is 755 g/mol. The molecule has 4 aromatic carbocycles. The molecule has 0 spiro atoms. The number of carbonyl (C=O) groups excluding carboxylic acids is 1. The number of benzene rings is 4. The largest absolute Gasteiger partial charge is 0.493 e. The fraction of sp³-hybridized carbons (Fsp3) is 0.250. The van der Waals surface area contributed by atoms with Crippen LogP contribution in [0.1, 0.15) is 36.7 Å². The molecule has 1 aliphatic rings. The van der Waals surface area contributed by atoms with Crippen molar-refractivity contribution in [1.82, 2.24) is 19.4 Å². The lowest BCUT2D eigenvalue weighted by molar-refractivity contribution is 0.102. The summed E-state index contributed by atoms with van der Waals surface area (Å²) in [6, 6.07) is 20.6. The van der Waals surface area contributed by atoms with Crippen LogP contribution in [0.4, 0.5) is 10.1 Å². The SMILES string of the molecule is COc1cc2c(Oc3ccc(NC(=O)c4nc5ccccc5n(-c5ccc(Cl)cc5Cl)c4=O)cc3F)ccnc2cc1OCCCN1CCC(C)CC1. The first-order valence-electron chi connectivity index (χ1n) is 17.3. The molecule has 0 saturated carbocycles. The van der Waals surface area contributed by atoms with Gasteiger partial charge in [-0.25, -0.2) is 9.37 Å². The molecule has 3 heterocycles. The number of piperidine rings is 1. The van der Waals surface area contributed by atoms with Crippen LogP contribution in [-0.4, -0.2) is 58.7 Å². The van der Waals surface area contributed by atoms with Gasteiger partial charge in [0.05, 0.1) is 41.0 Å². The predicted molar refractivity (Wildman–Crippen MR) is 205 cm³/mol. The zero-order valence-corrected chi connectivity index (χ0v) is 30.6. The van der Waals surface area contributed by atoms with Gasteiger partial charge in [-0.3, -0.25) is 19.1 Å². The van der Waals surface area contributed by atoms with Crippen molar-refractivity contribution in [1.29, 1.82) is 0 Å². The first-order valence-corrected chi connectivity index (χ1v) is 18.0. The van der Waals surface area contributed by atoms with Gasteiger partial charge in [-0.15, -0.1) is 0 Å². The number of ether oxygens (including phenoxy) is 3. The predicted octanol–water partition coefficient (Wildman–Crippen LogP) is 8.93. The molecule has 0 radical (unpaired) electrons. The summed E-state index contributed by atoms with van der Waals surface area (Å²) in [6.07, 6.45) is 4.92. The summed E-state index contributed by atoms with van der Waals surface area (Å²) in [7, 11) is 1.56. The van der Waals surface area contributed by atoms with Crippen molar-refractivity contribution >= 4 is 56.7 Å². The van der Waals surface area contributed by atoms with Crippen LogP contribution >= 0.6 is 23.2 Å².